The van der Waals surface area contributed by atoms with Gasteiger partial charge < -0.3 is 5.73 Å². The van der Waals surface area contributed by atoms with Crippen molar-refractivity contribution in [2.45, 2.75) is 25.2 Å². The largest absolute Gasteiger partial charge is 0.396 e. The molecule has 2 rings (SSSR count). The zero-order chi connectivity index (χ0) is 11.5. The summed E-state index contributed by atoms with van der Waals surface area (Å²) in [5, 5.41) is 0. The maximum absolute atomic E-state index is 6.10. The number of fused-ring (bicyclic) bond motifs is 1. The highest BCUT2D eigenvalue weighted by Crippen LogP contribution is 2.33. The monoisotopic (exact) mass is 252 g/mol. The lowest BCUT2D eigenvalue weighted by molar-refractivity contribution is 0.632. The fraction of sp³-hybridized carbons (Fsp3) is 0.417. The van der Waals surface area contributed by atoms with Crippen molar-refractivity contribution in [1.29, 1.82) is 0 Å². The van der Waals surface area contributed by atoms with Crippen LogP contribution >= 0.6 is 23.1 Å². The molecule has 0 aliphatic rings. The van der Waals surface area contributed by atoms with Crippen molar-refractivity contribution in [1.82, 2.24) is 4.98 Å². The molecule has 4 heteroatoms. The van der Waals surface area contributed by atoms with Crippen LogP contribution in [-0.2, 0) is 0 Å². The summed E-state index contributed by atoms with van der Waals surface area (Å²) in [6.07, 6.45) is 1.22. The van der Waals surface area contributed by atoms with E-state index in [-0.39, 0.29) is 0 Å². The molecule has 2 nitrogen and oxygen atoms in total. The Morgan fingerprint density at radius 1 is 1.44 bits per heavy atom. The van der Waals surface area contributed by atoms with E-state index in [1.165, 1.54) is 16.0 Å². The first kappa shape index (κ1) is 11.7. The maximum Gasteiger partial charge on any atom is 0.105 e. The molecule has 0 aliphatic carbocycles. The van der Waals surface area contributed by atoms with E-state index in [1.807, 2.05) is 17.3 Å². The van der Waals surface area contributed by atoms with Crippen molar-refractivity contribution in [2.24, 2.45) is 5.92 Å². The average molecular weight is 252 g/mol. The molecule has 0 bridgehead atoms. The van der Waals surface area contributed by atoms with E-state index in [0.717, 1.165) is 22.9 Å². The second kappa shape index (κ2) is 5.06. The Kier molecular flexibility index (Phi) is 3.71. The van der Waals surface area contributed by atoms with Crippen LogP contribution < -0.4 is 5.73 Å². The van der Waals surface area contributed by atoms with E-state index < -0.39 is 0 Å². The van der Waals surface area contributed by atoms with Gasteiger partial charge in [0.05, 0.1) is 15.9 Å². The predicted octanol–water partition coefficient (Wildman–Crippen LogP) is 4.02. The quantitative estimate of drug-likeness (QED) is 0.660. The number of aromatic nitrogens is 1. The van der Waals surface area contributed by atoms with Crippen molar-refractivity contribution in [3.05, 3.63) is 17.6 Å². The maximum atomic E-state index is 6.10. The van der Waals surface area contributed by atoms with Crippen LogP contribution in [0.1, 0.15) is 20.3 Å². The molecule has 0 radical (unpaired) electrons. The Morgan fingerprint density at radius 2 is 2.25 bits per heavy atom. The minimum absolute atomic E-state index is 0.747. The van der Waals surface area contributed by atoms with Gasteiger partial charge in [-0.25, -0.2) is 4.98 Å². The molecule has 0 amide bonds. The van der Waals surface area contributed by atoms with E-state index in [2.05, 4.69) is 31.0 Å². The van der Waals surface area contributed by atoms with Crippen LogP contribution in [0.4, 0.5) is 5.69 Å². The van der Waals surface area contributed by atoms with Crippen LogP contribution in [0.15, 0.2) is 22.5 Å². The summed E-state index contributed by atoms with van der Waals surface area (Å²) < 4.78 is 1.17. The van der Waals surface area contributed by atoms with Gasteiger partial charge in [-0.05, 0) is 30.2 Å². The Labute approximate surface area is 104 Å². The summed E-state index contributed by atoms with van der Waals surface area (Å²) in [4.78, 5) is 5.47. The van der Waals surface area contributed by atoms with Crippen LogP contribution in [0.2, 0.25) is 0 Å². The van der Waals surface area contributed by atoms with Gasteiger partial charge in [-0.2, -0.15) is 0 Å². The highest BCUT2D eigenvalue weighted by molar-refractivity contribution is 7.99. The Morgan fingerprint density at radius 3 is 3.00 bits per heavy atom. The van der Waals surface area contributed by atoms with Gasteiger partial charge in [0.15, 0.2) is 0 Å². The molecule has 2 N–H and O–H groups in total. The third-order valence-corrected chi connectivity index (χ3v) is 4.36. The number of thioether (sulfide) groups is 1. The number of benzene rings is 1. The summed E-state index contributed by atoms with van der Waals surface area (Å²) in [6, 6.07) is 4.22. The predicted molar refractivity (Wildman–Crippen MR) is 74.2 cm³/mol. The van der Waals surface area contributed by atoms with Gasteiger partial charge in [0, 0.05) is 4.90 Å². The number of hydrogen-bond donors (Lipinski definition) is 1. The van der Waals surface area contributed by atoms with Gasteiger partial charge in [-0.3, -0.25) is 0 Å². The molecule has 1 aromatic carbocycles. The molecule has 0 saturated carbocycles. The topological polar surface area (TPSA) is 38.9 Å². The Balaban J connectivity index is 2.15. The zero-order valence-corrected chi connectivity index (χ0v) is 11.2. The molecule has 0 saturated heterocycles. The highest BCUT2D eigenvalue weighted by atomic mass is 32.2. The lowest BCUT2D eigenvalue weighted by Crippen LogP contribution is -1.93. The molecule has 0 atom stereocenters. The number of nitrogen functional groups attached to an aromatic ring is 1. The van der Waals surface area contributed by atoms with Crippen molar-refractivity contribution >= 4 is 39.0 Å². The standard InChI is InChI=1S/C12H16N2S2/c1-8(2)5-6-15-9-3-4-10-12(11(9)13)14-7-16-10/h3-4,7-8H,5-6,13H2,1-2H3. The summed E-state index contributed by atoms with van der Waals surface area (Å²) in [7, 11) is 0. The fourth-order valence-electron chi connectivity index (χ4n) is 1.46. The number of rotatable bonds is 4. The highest BCUT2D eigenvalue weighted by Gasteiger charge is 2.07. The molecule has 2 aromatic rings. The number of nitrogens with two attached hydrogens (primary N) is 1. The van der Waals surface area contributed by atoms with E-state index in [9.17, 15) is 0 Å². The molecular weight excluding hydrogens is 236 g/mol. The first-order valence-corrected chi connectivity index (χ1v) is 7.29. The van der Waals surface area contributed by atoms with E-state index >= 15 is 0 Å². The van der Waals surface area contributed by atoms with E-state index in [4.69, 9.17) is 5.73 Å². The molecule has 16 heavy (non-hydrogen) atoms. The van der Waals surface area contributed by atoms with Crippen molar-refractivity contribution in [2.75, 3.05) is 11.5 Å². The molecule has 1 aromatic heterocycles. The fourth-order valence-corrected chi connectivity index (χ4v) is 3.38. The average Bonchev–Trinajstić information content (AvgIpc) is 2.69. The normalized spacial score (nSPS) is 11.4. The summed E-state index contributed by atoms with van der Waals surface area (Å²) in [6.45, 7) is 4.49. The molecule has 0 fully saturated rings. The van der Waals surface area contributed by atoms with Gasteiger partial charge in [-0.1, -0.05) is 13.8 Å². The van der Waals surface area contributed by atoms with E-state index in [1.54, 1.807) is 11.3 Å². The molecule has 0 spiro atoms. The molecule has 1 heterocycles. The Hall–Kier alpha value is -0.740. The lowest BCUT2D eigenvalue weighted by Gasteiger charge is -2.07. The summed E-state index contributed by atoms with van der Waals surface area (Å²) in [5.41, 5.74) is 9.75. The zero-order valence-electron chi connectivity index (χ0n) is 9.56. The third kappa shape index (κ3) is 2.50. The van der Waals surface area contributed by atoms with Crippen LogP contribution in [0, 0.1) is 5.92 Å². The SMILES string of the molecule is CC(C)CCSc1ccc2scnc2c1N. The molecule has 0 aliphatic heterocycles. The molecular formula is C12H16N2S2. The number of thiazole rings is 1. The van der Waals surface area contributed by atoms with Crippen LogP contribution in [-0.4, -0.2) is 10.7 Å². The van der Waals surface area contributed by atoms with Crippen LogP contribution in [0.3, 0.4) is 0 Å². The van der Waals surface area contributed by atoms with Gasteiger partial charge in [-0.15, -0.1) is 23.1 Å². The van der Waals surface area contributed by atoms with Crippen molar-refractivity contribution in [3.8, 4) is 0 Å². The summed E-state index contributed by atoms with van der Waals surface area (Å²) >= 11 is 3.47. The minimum atomic E-state index is 0.747. The van der Waals surface area contributed by atoms with Crippen LogP contribution in [0.5, 0.6) is 0 Å². The first-order chi connectivity index (χ1) is 7.68. The first-order valence-electron chi connectivity index (χ1n) is 5.43. The number of hydrogen-bond acceptors (Lipinski definition) is 4. The van der Waals surface area contributed by atoms with Gasteiger partial charge in [0.1, 0.15) is 5.52 Å². The van der Waals surface area contributed by atoms with Crippen molar-refractivity contribution < 1.29 is 0 Å². The second-order valence-corrected chi connectivity index (χ2v) is 6.23. The number of nitrogens with zero attached hydrogens (tertiary/aromatic N) is 1. The van der Waals surface area contributed by atoms with E-state index in [0.29, 0.717) is 0 Å². The van der Waals surface area contributed by atoms with Crippen LogP contribution in [0.25, 0.3) is 10.2 Å². The number of anilines is 1. The Bertz CT molecular complexity index is 477. The van der Waals surface area contributed by atoms with Gasteiger partial charge in [0.2, 0.25) is 0 Å². The lowest BCUT2D eigenvalue weighted by atomic mass is 10.2. The second-order valence-electron chi connectivity index (χ2n) is 4.21. The molecule has 0 unspecified atom stereocenters. The minimum Gasteiger partial charge on any atom is -0.396 e. The molecule has 86 valence electrons. The third-order valence-electron chi connectivity index (χ3n) is 2.45. The van der Waals surface area contributed by atoms with Gasteiger partial charge >= 0.3 is 0 Å². The summed E-state index contributed by atoms with van der Waals surface area (Å²) in [5.74, 6) is 1.87. The smallest absolute Gasteiger partial charge is 0.105 e. The van der Waals surface area contributed by atoms with Crippen molar-refractivity contribution in [3.63, 3.8) is 0 Å². The van der Waals surface area contributed by atoms with Gasteiger partial charge in [0.25, 0.3) is 0 Å².